The summed E-state index contributed by atoms with van der Waals surface area (Å²) < 4.78 is 26.8. The molecule has 1 aliphatic rings. The first-order valence-electron chi connectivity index (χ1n) is 11.3. The number of alkyl halides is 2. The van der Waals surface area contributed by atoms with E-state index in [2.05, 4.69) is 17.6 Å². The zero-order valence-corrected chi connectivity index (χ0v) is 21.0. The van der Waals surface area contributed by atoms with Gasteiger partial charge in [0.15, 0.2) is 11.5 Å². The molecular formula is C26H39F2N3O3. The number of aliphatic hydroxyl groups is 1. The number of guanidine groups is 1. The Balaban J connectivity index is 0.00000258. The summed E-state index contributed by atoms with van der Waals surface area (Å²) in [5.74, 6) is 0.254. The van der Waals surface area contributed by atoms with Crippen molar-refractivity contribution < 1.29 is 23.4 Å². The summed E-state index contributed by atoms with van der Waals surface area (Å²) in [6, 6.07) is 6.62. The maximum Gasteiger partial charge on any atom is 0.262 e. The first-order chi connectivity index (χ1) is 16.4. The number of ether oxygens (including phenoxy) is 1. The lowest BCUT2D eigenvalue weighted by Crippen LogP contribution is -2.40. The van der Waals surface area contributed by atoms with Gasteiger partial charge in [0.2, 0.25) is 6.86 Å². The lowest BCUT2D eigenvalue weighted by molar-refractivity contribution is -0.130. The fraction of sp³-hybridized carbons (Fsp3) is 0.462. The predicted octanol–water partition coefficient (Wildman–Crippen LogP) is 5.20. The van der Waals surface area contributed by atoms with Gasteiger partial charge in [0.1, 0.15) is 5.75 Å². The Labute approximate surface area is 202 Å². The number of rotatable bonds is 11. The predicted molar refractivity (Wildman–Crippen MR) is 135 cm³/mol. The molecule has 1 unspecified atom stereocenters. The zero-order valence-electron chi connectivity index (χ0n) is 21.0. The van der Waals surface area contributed by atoms with Crippen LogP contribution in [0.2, 0.25) is 0 Å². The maximum absolute atomic E-state index is 13.2. The second-order valence-electron chi connectivity index (χ2n) is 7.09. The molecule has 0 saturated heterocycles. The molecule has 0 bridgehead atoms. The summed E-state index contributed by atoms with van der Waals surface area (Å²) in [6.07, 6.45) is 8.30. The number of carbonyl (C=O) groups is 1. The topological polar surface area (TPSA) is 88.2 Å². The molecule has 6 nitrogen and oxygen atoms in total. The van der Waals surface area contributed by atoms with Gasteiger partial charge in [-0.25, -0.2) is 9.38 Å². The molecule has 1 aliphatic heterocycles. The normalized spacial score (nSPS) is 17.8. The number of allylic oxidation sites excluding steroid dienone is 4. The molecule has 8 heteroatoms. The summed E-state index contributed by atoms with van der Waals surface area (Å²) in [6.45, 7) is 9.14. The number of nitrogens with zero attached hydrogens (tertiary/aromatic N) is 2. The van der Waals surface area contributed by atoms with Crippen molar-refractivity contribution in [3.8, 4) is 5.75 Å². The van der Waals surface area contributed by atoms with E-state index < -0.39 is 12.4 Å². The number of nitrogens with two attached hydrogens (primary N) is 1. The van der Waals surface area contributed by atoms with E-state index in [1.54, 1.807) is 37.4 Å². The van der Waals surface area contributed by atoms with Crippen LogP contribution in [-0.2, 0) is 10.3 Å². The Morgan fingerprint density at radius 3 is 2.32 bits per heavy atom. The highest BCUT2D eigenvalue weighted by Crippen LogP contribution is 2.39. The number of likely N-dealkylation sites (N-methyl/N-ethyl adjacent to an activating group) is 1. The summed E-state index contributed by atoms with van der Waals surface area (Å²) >= 11 is 0. The Kier molecular flexibility index (Phi) is 15.1. The molecule has 0 radical (unpaired) electrons. The van der Waals surface area contributed by atoms with Crippen LogP contribution in [0.25, 0.3) is 0 Å². The minimum absolute atomic E-state index is 0.111. The molecule has 0 fully saturated rings. The van der Waals surface area contributed by atoms with Crippen LogP contribution >= 0.6 is 0 Å². The van der Waals surface area contributed by atoms with Gasteiger partial charge >= 0.3 is 0 Å². The number of benzene rings is 1. The number of hydrogen-bond donors (Lipinski definition) is 2. The third kappa shape index (κ3) is 8.09. The minimum Gasteiger partial charge on any atom is -0.463 e. The molecule has 2 rings (SSSR count). The highest BCUT2D eigenvalue weighted by Gasteiger charge is 2.48. The lowest BCUT2D eigenvalue weighted by Gasteiger charge is -2.26. The van der Waals surface area contributed by atoms with E-state index in [1.165, 1.54) is 4.90 Å². The van der Waals surface area contributed by atoms with Crippen molar-refractivity contribution in [2.24, 2.45) is 10.7 Å². The van der Waals surface area contributed by atoms with Crippen LogP contribution in [0, 0.1) is 0 Å². The van der Waals surface area contributed by atoms with E-state index in [0.717, 1.165) is 24.0 Å². The number of hydrogen-bond acceptors (Lipinski definition) is 5. The van der Waals surface area contributed by atoms with Crippen LogP contribution in [0.4, 0.5) is 8.78 Å². The van der Waals surface area contributed by atoms with Gasteiger partial charge in [-0.05, 0) is 42.5 Å². The van der Waals surface area contributed by atoms with Crippen molar-refractivity contribution in [3.63, 3.8) is 0 Å². The standard InChI is InChI=1S/C23H30FN3O3.C2H6.CH3F/c1-4-7-18(8-6-13-28)14-17(5-2)15-23(21(29)27(3)22(25)26-23)19-9-11-20(12-10-19)30-16-24;2*1-2/h5,7,9-12,14,28H,2,4,6,8,13,15-16H2,1,3H3,(H2,25,26);1-2H3;1H3/b17-14+,18-7-;;. The van der Waals surface area contributed by atoms with Gasteiger partial charge < -0.3 is 15.6 Å². The van der Waals surface area contributed by atoms with Gasteiger partial charge in [-0.2, -0.15) is 0 Å². The van der Waals surface area contributed by atoms with Gasteiger partial charge in [0.25, 0.3) is 5.91 Å². The third-order valence-electron chi connectivity index (χ3n) is 5.04. The molecule has 0 spiro atoms. The summed E-state index contributed by atoms with van der Waals surface area (Å²) in [5, 5.41) is 9.16. The highest BCUT2D eigenvalue weighted by atomic mass is 19.1. The number of halogens is 2. The summed E-state index contributed by atoms with van der Waals surface area (Å²) in [7, 11) is 2.09. The van der Waals surface area contributed by atoms with E-state index in [9.17, 15) is 13.6 Å². The van der Waals surface area contributed by atoms with Crippen LogP contribution < -0.4 is 10.5 Å². The fourth-order valence-electron chi connectivity index (χ4n) is 3.49. The Hall–Kier alpha value is -3.00. The molecule has 0 aromatic heterocycles. The number of aliphatic imine (C=N–C) groups is 1. The Bertz CT molecular complexity index is 851. The van der Waals surface area contributed by atoms with Crippen molar-refractivity contribution in [2.75, 3.05) is 27.7 Å². The van der Waals surface area contributed by atoms with Crippen LogP contribution in [0.15, 0.2) is 65.2 Å². The van der Waals surface area contributed by atoms with Gasteiger partial charge in [-0.1, -0.05) is 63.3 Å². The molecule has 3 N–H and O–H groups in total. The molecule has 190 valence electrons. The lowest BCUT2D eigenvalue weighted by atomic mass is 9.83. The second kappa shape index (κ2) is 16.6. The average Bonchev–Trinajstić information content (AvgIpc) is 3.09. The minimum atomic E-state index is -1.23. The third-order valence-corrected chi connectivity index (χ3v) is 5.04. The van der Waals surface area contributed by atoms with E-state index >= 15 is 0 Å². The van der Waals surface area contributed by atoms with E-state index in [-0.39, 0.29) is 24.9 Å². The maximum atomic E-state index is 13.2. The smallest absolute Gasteiger partial charge is 0.262 e. The first kappa shape index (κ1) is 31.0. The highest BCUT2D eigenvalue weighted by molar-refractivity contribution is 6.07. The van der Waals surface area contributed by atoms with Crippen LogP contribution in [-0.4, -0.2) is 49.6 Å². The second-order valence-corrected chi connectivity index (χ2v) is 7.09. The van der Waals surface area contributed by atoms with Crippen LogP contribution in [0.5, 0.6) is 5.75 Å². The molecule has 34 heavy (non-hydrogen) atoms. The Morgan fingerprint density at radius 1 is 1.26 bits per heavy atom. The van der Waals surface area contributed by atoms with Crippen molar-refractivity contribution in [3.05, 3.63) is 65.8 Å². The molecular weight excluding hydrogens is 440 g/mol. The quantitative estimate of drug-likeness (QED) is 0.427. The largest absolute Gasteiger partial charge is 0.463 e. The molecule has 0 aliphatic carbocycles. The molecule has 1 amide bonds. The summed E-state index contributed by atoms with van der Waals surface area (Å²) in [4.78, 5) is 19.1. The van der Waals surface area contributed by atoms with E-state index in [0.29, 0.717) is 24.9 Å². The number of carbonyl (C=O) groups excluding carboxylic acids is 1. The molecule has 1 atom stereocenters. The van der Waals surface area contributed by atoms with Gasteiger partial charge in [0.05, 0.1) is 7.18 Å². The van der Waals surface area contributed by atoms with E-state index in [1.807, 2.05) is 26.8 Å². The van der Waals surface area contributed by atoms with E-state index in [4.69, 9.17) is 15.6 Å². The van der Waals surface area contributed by atoms with Crippen LogP contribution in [0.1, 0.15) is 52.0 Å². The monoisotopic (exact) mass is 479 g/mol. The summed E-state index contributed by atoms with van der Waals surface area (Å²) in [5.41, 5.74) is 7.29. The molecule has 0 saturated carbocycles. The molecule has 1 heterocycles. The van der Waals surface area contributed by atoms with Gasteiger partial charge in [-0.3, -0.25) is 14.1 Å². The van der Waals surface area contributed by atoms with Crippen molar-refractivity contribution in [1.29, 1.82) is 0 Å². The average molecular weight is 480 g/mol. The first-order valence-corrected chi connectivity index (χ1v) is 11.3. The van der Waals surface area contributed by atoms with Crippen molar-refractivity contribution >= 4 is 11.9 Å². The van der Waals surface area contributed by atoms with Crippen molar-refractivity contribution in [1.82, 2.24) is 4.90 Å². The SMILES string of the molecule is C=C/C(=C\C(=C/CC)CCCO)CC1(c2ccc(OCF)cc2)N=C(N)N(C)C1=O.CC.CF. The molecule has 1 aromatic rings. The zero-order chi connectivity index (χ0) is 26.1. The van der Waals surface area contributed by atoms with Crippen LogP contribution in [0.3, 0.4) is 0 Å². The number of amides is 1. The number of aliphatic hydroxyl groups excluding tert-OH is 1. The fourth-order valence-corrected chi connectivity index (χ4v) is 3.49. The molecule has 1 aromatic carbocycles. The van der Waals surface area contributed by atoms with Gasteiger partial charge in [-0.15, -0.1) is 0 Å². The Morgan fingerprint density at radius 2 is 1.88 bits per heavy atom. The van der Waals surface area contributed by atoms with Gasteiger partial charge in [0, 0.05) is 20.1 Å². The van der Waals surface area contributed by atoms with Crippen molar-refractivity contribution in [2.45, 2.75) is 52.0 Å².